The average Bonchev–Trinajstić information content (AvgIpc) is 2.42. The van der Waals surface area contributed by atoms with Gasteiger partial charge in [-0.05, 0) is 40.9 Å². The lowest BCUT2D eigenvalue weighted by molar-refractivity contribution is -0.123. The number of halogens is 3. The molecule has 3 nitrogen and oxygen atoms in total. The number of anilines is 1. The minimum atomic E-state index is -1.04. The number of amides is 1. The Kier molecular flexibility index (Phi) is 5.66. The Hall–Kier alpha value is -0.760. The van der Waals surface area contributed by atoms with Gasteiger partial charge in [0.15, 0.2) is 0 Å². The monoisotopic (exact) mass is 362 g/mol. The Bertz CT molecular complexity index is 536. The molecule has 19 heavy (non-hydrogen) atoms. The number of carbonyl (C=O) groups is 1. The summed E-state index contributed by atoms with van der Waals surface area (Å²) in [5, 5.41) is 12.5. The molecule has 6 heteroatoms. The zero-order valence-electron chi connectivity index (χ0n) is 10.6. The molecule has 0 heterocycles. The Morgan fingerprint density at radius 1 is 1.37 bits per heavy atom. The molecule has 0 atom stereocenters. The van der Waals surface area contributed by atoms with E-state index in [4.69, 9.17) is 23.2 Å². The van der Waals surface area contributed by atoms with E-state index in [1.807, 2.05) is 13.8 Å². The van der Waals surface area contributed by atoms with Crippen LogP contribution in [-0.2, 0) is 4.79 Å². The van der Waals surface area contributed by atoms with Crippen LogP contribution in [0.2, 0.25) is 10.0 Å². The van der Waals surface area contributed by atoms with Gasteiger partial charge in [-0.25, -0.2) is 0 Å². The molecule has 1 N–H and O–H groups in total. The normalized spacial score (nSPS) is 10.9. The van der Waals surface area contributed by atoms with Gasteiger partial charge in [0, 0.05) is 4.47 Å². The Morgan fingerprint density at radius 3 is 2.42 bits per heavy atom. The molecule has 102 valence electrons. The SMILES string of the molecule is CCC(C#N)(CC)C(=O)Nc1ccc(Br)c(Cl)c1Cl. The van der Waals surface area contributed by atoms with Crippen LogP contribution in [0.3, 0.4) is 0 Å². The Morgan fingerprint density at radius 2 is 1.95 bits per heavy atom. The molecule has 0 unspecified atom stereocenters. The van der Waals surface area contributed by atoms with Gasteiger partial charge in [0.2, 0.25) is 5.91 Å². The second-order valence-electron chi connectivity index (χ2n) is 4.08. The maximum Gasteiger partial charge on any atom is 0.244 e. The molecule has 0 spiro atoms. The van der Waals surface area contributed by atoms with E-state index in [-0.39, 0.29) is 10.9 Å². The summed E-state index contributed by atoms with van der Waals surface area (Å²) >= 11 is 15.3. The molecule has 1 aromatic rings. The van der Waals surface area contributed by atoms with E-state index in [0.29, 0.717) is 28.0 Å². The number of benzene rings is 1. The van der Waals surface area contributed by atoms with Crippen LogP contribution >= 0.6 is 39.1 Å². The number of nitrogens with zero attached hydrogens (tertiary/aromatic N) is 1. The molecule has 1 rings (SSSR count). The highest BCUT2D eigenvalue weighted by Gasteiger charge is 2.35. The van der Waals surface area contributed by atoms with Crippen molar-refractivity contribution in [1.82, 2.24) is 0 Å². The van der Waals surface area contributed by atoms with Gasteiger partial charge in [0.05, 0.1) is 21.8 Å². The summed E-state index contributed by atoms with van der Waals surface area (Å²) in [5.41, 5.74) is -0.635. The van der Waals surface area contributed by atoms with E-state index in [9.17, 15) is 10.1 Å². The fourth-order valence-electron chi connectivity index (χ4n) is 1.64. The van der Waals surface area contributed by atoms with Gasteiger partial charge in [0.25, 0.3) is 0 Å². The summed E-state index contributed by atoms with van der Waals surface area (Å²) in [5.74, 6) is -0.361. The van der Waals surface area contributed by atoms with Gasteiger partial charge in [0.1, 0.15) is 5.41 Å². The van der Waals surface area contributed by atoms with Gasteiger partial charge < -0.3 is 5.32 Å². The van der Waals surface area contributed by atoms with Crippen molar-refractivity contribution in [3.05, 3.63) is 26.7 Å². The molecule has 0 fully saturated rings. The zero-order valence-corrected chi connectivity index (χ0v) is 13.7. The summed E-state index contributed by atoms with van der Waals surface area (Å²) in [4.78, 5) is 12.2. The lowest BCUT2D eigenvalue weighted by Gasteiger charge is -2.22. The molecule has 0 aromatic heterocycles. The molecule has 1 amide bonds. The van der Waals surface area contributed by atoms with E-state index >= 15 is 0 Å². The quantitative estimate of drug-likeness (QED) is 0.763. The topological polar surface area (TPSA) is 52.9 Å². The van der Waals surface area contributed by atoms with E-state index in [0.717, 1.165) is 0 Å². The molecular weight excluding hydrogens is 351 g/mol. The first kappa shape index (κ1) is 16.3. The predicted octanol–water partition coefficient (Wildman–Crippen LogP) is 5.02. The molecule has 0 radical (unpaired) electrons. The molecule has 1 aromatic carbocycles. The van der Waals surface area contributed by atoms with Crippen LogP contribution in [-0.4, -0.2) is 5.91 Å². The average molecular weight is 364 g/mol. The summed E-state index contributed by atoms with van der Waals surface area (Å²) < 4.78 is 0.648. The Balaban J connectivity index is 3.08. The van der Waals surface area contributed by atoms with Crippen LogP contribution in [0.5, 0.6) is 0 Å². The summed E-state index contributed by atoms with van der Waals surface area (Å²) in [6, 6.07) is 5.42. The standard InChI is InChI=1S/C13H13BrCl2N2O/c1-3-13(4-2,7-17)12(19)18-9-6-5-8(14)10(15)11(9)16/h5-6H,3-4H2,1-2H3,(H,18,19). The van der Waals surface area contributed by atoms with Gasteiger partial charge in [-0.2, -0.15) is 5.26 Å². The van der Waals surface area contributed by atoms with Crippen LogP contribution in [0.15, 0.2) is 16.6 Å². The first-order chi connectivity index (χ1) is 8.91. The van der Waals surface area contributed by atoms with Crippen LogP contribution < -0.4 is 5.32 Å². The van der Waals surface area contributed by atoms with Gasteiger partial charge in [-0.3, -0.25) is 4.79 Å². The second-order valence-corrected chi connectivity index (χ2v) is 5.69. The van der Waals surface area contributed by atoms with Crippen molar-refractivity contribution in [2.75, 3.05) is 5.32 Å². The fourth-order valence-corrected chi connectivity index (χ4v) is 2.47. The lowest BCUT2D eigenvalue weighted by atomic mass is 9.83. The maximum atomic E-state index is 12.2. The third-order valence-electron chi connectivity index (χ3n) is 3.14. The van der Waals surface area contributed by atoms with E-state index in [1.54, 1.807) is 12.1 Å². The van der Waals surface area contributed by atoms with Crippen molar-refractivity contribution in [3.63, 3.8) is 0 Å². The van der Waals surface area contributed by atoms with E-state index in [2.05, 4.69) is 27.3 Å². The summed E-state index contributed by atoms with van der Waals surface area (Å²) in [6.07, 6.45) is 0.876. The number of hydrogen-bond donors (Lipinski definition) is 1. The minimum absolute atomic E-state index is 0.253. The predicted molar refractivity (Wildman–Crippen MR) is 81.4 cm³/mol. The largest absolute Gasteiger partial charge is 0.323 e. The number of hydrogen-bond acceptors (Lipinski definition) is 2. The van der Waals surface area contributed by atoms with Crippen LogP contribution in [0.4, 0.5) is 5.69 Å². The van der Waals surface area contributed by atoms with E-state index < -0.39 is 5.41 Å². The number of rotatable bonds is 4. The zero-order chi connectivity index (χ0) is 14.6. The fraction of sp³-hybridized carbons (Fsp3) is 0.385. The second kappa shape index (κ2) is 6.60. The highest BCUT2D eigenvalue weighted by atomic mass is 79.9. The highest BCUT2D eigenvalue weighted by Crippen LogP contribution is 2.37. The van der Waals surface area contributed by atoms with Crippen LogP contribution in [0, 0.1) is 16.7 Å². The molecule has 0 aliphatic rings. The van der Waals surface area contributed by atoms with Crippen LogP contribution in [0.25, 0.3) is 0 Å². The highest BCUT2D eigenvalue weighted by molar-refractivity contribution is 9.10. The van der Waals surface area contributed by atoms with Crippen molar-refractivity contribution in [3.8, 4) is 6.07 Å². The van der Waals surface area contributed by atoms with Crippen molar-refractivity contribution >= 4 is 50.7 Å². The van der Waals surface area contributed by atoms with Crippen LogP contribution in [0.1, 0.15) is 26.7 Å². The number of nitrogens with one attached hydrogen (secondary N) is 1. The third-order valence-corrected chi connectivity index (χ3v) is 4.91. The third kappa shape index (κ3) is 3.22. The van der Waals surface area contributed by atoms with Crippen molar-refractivity contribution in [2.24, 2.45) is 5.41 Å². The first-order valence-corrected chi connectivity index (χ1v) is 7.33. The summed E-state index contributed by atoms with van der Waals surface area (Å²) in [6.45, 7) is 3.62. The minimum Gasteiger partial charge on any atom is -0.323 e. The number of carbonyl (C=O) groups excluding carboxylic acids is 1. The molecule has 0 saturated heterocycles. The van der Waals surface area contributed by atoms with E-state index in [1.165, 1.54) is 0 Å². The first-order valence-electron chi connectivity index (χ1n) is 5.78. The molecule has 0 saturated carbocycles. The molecule has 0 bridgehead atoms. The van der Waals surface area contributed by atoms with Crippen molar-refractivity contribution < 1.29 is 4.79 Å². The van der Waals surface area contributed by atoms with Crippen molar-refractivity contribution in [2.45, 2.75) is 26.7 Å². The molecule has 0 aliphatic carbocycles. The maximum absolute atomic E-state index is 12.2. The summed E-state index contributed by atoms with van der Waals surface area (Å²) in [7, 11) is 0. The number of nitriles is 1. The van der Waals surface area contributed by atoms with Gasteiger partial charge >= 0.3 is 0 Å². The Labute approximate surface area is 131 Å². The molecule has 0 aliphatic heterocycles. The van der Waals surface area contributed by atoms with Gasteiger partial charge in [-0.1, -0.05) is 37.0 Å². The smallest absolute Gasteiger partial charge is 0.244 e. The molecular formula is C13H13BrCl2N2O. The van der Waals surface area contributed by atoms with Crippen molar-refractivity contribution in [1.29, 1.82) is 5.26 Å². The lowest BCUT2D eigenvalue weighted by Crippen LogP contribution is -2.34. The van der Waals surface area contributed by atoms with Gasteiger partial charge in [-0.15, -0.1) is 0 Å².